The van der Waals surface area contributed by atoms with Crippen LogP contribution in [0.2, 0.25) is 0 Å². The number of allylic oxidation sites excluding steroid dienone is 8. The van der Waals surface area contributed by atoms with Crippen LogP contribution in [0.25, 0.3) is 0 Å². The molecular weight excluding hydrogens is 641 g/mol. The van der Waals surface area contributed by atoms with Gasteiger partial charge < -0.3 is 24.0 Å². The fourth-order valence-electron chi connectivity index (χ4n) is 7.75. The van der Waals surface area contributed by atoms with Crippen molar-refractivity contribution in [1.82, 2.24) is 9.80 Å². The van der Waals surface area contributed by atoms with E-state index >= 15 is 0 Å². The van der Waals surface area contributed by atoms with Crippen LogP contribution in [0.4, 0.5) is 0 Å². The van der Waals surface area contributed by atoms with Crippen LogP contribution < -0.4 is 0 Å². The molecule has 4 atom stereocenters. The molecule has 0 radical (unpaired) electrons. The average molecular weight is 727 g/mol. The number of likely N-dealkylation sites (N-methyl/N-ethyl adjacent to an activating group) is 2. The molecule has 0 spiro atoms. The summed E-state index contributed by atoms with van der Waals surface area (Å²) in [6.07, 6.45) is 51.6. The van der Waals surface area contributed by atoms with Gasteiger partial charge in [-0.25, -0.2) is 0 Å². The first kappa shape index (κ1) is 46.9. The second kappa shape index (κ2) is 31.0. The maximum absolute atomic E-state index is 7.03. The van der Waals surface area contributed by atoms with Gasteiger partial charge >= 0.3 is 0 Å². The van der Waals surface area contributed by atoms with E-state index in [0.717, 1.165) is 38.8 Å². The molecule has 0 bridgehead atoms. The highest BCUT2D eigenvalue weighted by Gasteiger charge is 2.57. The topological polar surface area (TPSA) is 34.2 Å². The molecule has 0 aromatic carbocycles. The van der Waals surface area contributed by atoms with Crippen LogP contribution >= 0.6 is 0 Å². The van der Waals surface area contributed by atoms with Gasteiger partial charge in [0.05, 0.1) is 12.2 Å². The van der Waals surface area contributed by atoms with Crippen LogP contribution in [-0.2, 0) is 14.2 Å². The molecule has 0 aromatic rings. The lowest BCUT2D eigenvalue weighted by Crippen LogP contribution is -2.39. The van der Waals surface area contributed by atoms with Gasteiger partial charge in [0.25, 0.3) is 0 Å². The van der Waals surface area contributed by atoms with Crippen LogP contribution in [0.5, 0.6) is 0 Å². The van der Waals surface area contributed by atoms with Crippen LogP contribution in [-0.4, -0.2) is 81.3 Å². The summed E-state index contributed by atoms with van der Waals surface area (Å²) in [6, 6.07) is 0. The van der Waals surface area contributed by atoms with E-state index in [2.05, 4.69) is 100 Å². The number of hydrogen-bond donors (Lipinski definition) is 0. The van der Waals surface area contributed by atoms with Gasteiger partial charge in [-0.05, 0) is 105 Å². The zero-order valence-electron chi connectivity index (χ0n) is 35.3. The second-order valence-electron chi connectivity index (χ2n) is 16.5. The van der Waals surface area contributed by atoms with Gasteiger partial charge in [0.2, 0.25) is 0 Å². The first-order chi connectivity index (χ1) is 25.4. The normalized spacial score (nSPS) is 23.7. The highest BCUT2D eigenvalue weighted by atomic mass is 16.8. The van der Waals surface area contributed by atoms with E-state index in [1.807, 2.05) is 0 Å². The summed E-state index contributed by atoms with van der Waals surface area (Å²) >= 11 is 0. The second-order valence-corrected chi connectivity index (χ2v) is 16.5. The van der Waals surface area contributed by atoms with Crippen LogP contribution in [0, 0.1) is 0 Å². The summed E-state index contributed by atoms with van der Waals surface area (Å²) in [5.74, 6) is -0.446. The molecule has 5 heteroatoms. The molecule has 0 unspecified atom stereocenters. The Hall–Kier alpha value is -1.24. The van der Waals surface area contributed by atoms with Crippen molar-refractivity contribution in [3.05, 3.63) is 48.6 Å². The van der Waals surface area contributed by atoms with E-state index in [-0.39, 0.29) is 24.4 Å². The van der Waals surface area contributed by atoms with Crippen LogP contribution in [0.3, 0.4) is 0 Å². The van der Waals surface area contributed by atoms with Crippen molar-refractivity contribution in [1.29, 1.82) is 0 Å². The molecule has 2 rings (SSSR count). The highest BCUT2D eigenvalue weighted by molar-refractivity contribution is 5.01. The molecule has 2 saturated heterocycles. The smallest absolute Gasteiger partial charge is 0.169 e. The molecule has 0 N–H and O–H groups in total. The minimum absolute atomic E-state index is 0.0292. The Bertz CT molecular complexity index is 867. The zero-order valence-corrected chi connectivity index (χ0v) is 35.3. The summed E-state index contributed by atoms with van der Waals surface area (Å²) in [5, 5.41) is 0. The summed E-state index contributed by atoms with van der Waals surface area (Å²) < 4.78 is 20.6. The number of unbranched alkanes of at least 4 members (excludes halogenated alkanes) is 18. The predicted octanol–water partition coefficient (Wildman–Crippen LogP) is 12.8. The molecule has 2 aliphatic heterocycles. The Morgan fingerprint density at radius 3 is 1.10 bits per heavy atom. The SMILES string of the molecule is CCCCCC=CCC=CCCCCCCCCC1(CCCCCCCCC=CCC=CCCCCC)O[C@H]2[C@H](O1)[C@@H](CN(C)C)O[C@H]2CN(C)C. The fraction of sp³-hybridized carbons (Fsp3) is 0.830. The molecule has 2 aliphatic rings. The molecule has 0 aromatic heterocycles. The van der Waals surface area contributed by atoms with Gasteiger partial charge in [0.15, 0.2) is 5.79 Å². The number of hydrogen-bond acceptors (Lipinski definition) is 5. The summed E-state index contributed by atoms with van der Waals surface area (Å²) in [5.41, 5.74) is 0. The monoisotopic (exact) mass is 727 g/mol. The lowest BCUT2D eigenvalue weighted by molar-refractivity contribution is -0.219. The molecule has 0 amide bonds. The van der Waals surface area contributed by atoms with Gasteiger partial charge in [0, 0.05) is 25.9 Å². The average Bonchev–Trinajstić information content (AvgIpc) is 3.63. The van der Waals surface area contributed by atoms with Crippen molar-refractivity contribution in [2.45, 2.75) is 211 Å². The molecule has 2 fully saturated rings. The maximum atomic E-state index is 7.03. The zero-order chi connectivity index (χ0) is 37.5. The molecule has 5 nitrogen and oxygen atoms in total. The van der Waals surface area contributed by atoms with E-state index in [1.165, 1.54) is 141 Å². The van der Waals surface area contributed by atoms with Gasteiger partial charge in [-0.3, -0.25) is 0 Å². The Labute approximate surface area is 324 Å². The lowest BCUT2D eigenvalue weighted by atomic mass is 9.98. The van der Waals surface area contributed by atoms with Gasteiger partial charge in [-0.1, -0.05) is 140 Å². The number of rotatable bonds is 34. The van der Waals surface area contributed by atoms with Crippen LogP contribution in [0.1, 0.15) is 181 Å². The van der Waals surface area contributed by atoms with Crippen molar-refractivity contribution in [2.75, 3.05) is 41.3 Å². The third-order valence-corrected chi connectivity index (χ3v) is 10.7. The van der Waals surface area contributed by atoms with Gasteiger partial charge in [0.1, 0.15) is 12.2 Å². The Kier molecular flexibility index (Phi) is 28.0. The lowest BCUT2D eigenvalue weighted by Gasteiger charge is -2.32. The standard InChI is InChI=1S/C47H86N2O3/c1-7-9-11-13-15-17-19-21-23-25-27-29-31-33-35-37-39-47(51-45-43(41-48(3)4)50-44(42-49(5)6)46(45)52-47)40-38-36-34-32-30-28-26-24-22-20-18-16-14-12-10-8-2/h15-18,21-24,43-46H,7-14,19-20,25-42H2,1-6H3/t43-,44+,45-,46-,47?/m1/s1. The van der Waals surface area contributed by atoms with E-state index < -0.39 is 5.79 Å². The third-order valence-electron chi connectivity index (χ3n) is 10.7. The molecule has 2 heterocycles. The van der Waals surface area contributed by atoms with E-state index in [0.29, 0.717) is 0 Å². The van der Waals surface area contributed by atoms with E-state index in [1.54, 1.807) is 0 Å². The highest BCUT2D eigenvalue weighted by Crippen LogP contribution is 2.44. The fourth-order valence-corrected chi connectivity index (χ4v) is 7.75. The van der Waals surface area contributed by atoms with Crippen molar-refractivity contribution < 1.29 is 14.2 Å². The molecule has 302 valence electrons. The molecule has 52 heavy (non-hydrogen) atoms. The summed E-state index contributed by atoms with van der Waals surface area (Å²) in [6.45, 7) is 6.29. The largest absolute Gasteiger partial charge is 0.367 e. The number of ether oxygens (including phenoxy) is 3. The minimum Gasteiger partial charge on any atom is -0.367 e. The van der Waals surface area contributed by atoms with E-state index in [9.17, 15) is 0 Å². The predicted molar refractivity (Wildman–Crippen MR) is 226 cm³/mol. The minimum atomic E-state index is -0.446. The van der Waals surface area contributed by atoms with E-state index in [4.69, 9.17) is 14.2 Å². The molecule has 0 saturated carbocycles. The van der Waals surface area contributed by atoms with Crippen molar-refractivity contribution in [3.8, 4) is 0 Å². The Morgan fingerprint density at radius 2 is 0.750 bits per heavy atom. The first-order valence-electron chi connectivity index (χ1n) is 22.3. The first-order valence-corrected chi connectivity index (χ1v) is 22.3. The van der Waals surface area contributed by atoms with Crippen molar-refractivity contribution >= 4 is 0 Å². The summed E-state index contributed by atoms with van der Waals surface area (Å²) in [4.78, 5) is 4.46. The number of fused-ring (bicyclic) bond motifs is 1. The van der Waals surface area contributed by atoms with Gasteiger partial charge in [-0.2, -0.15) is 0 Å². The third kappa shape index (κ3) is 22.2. The molecule has 0 aliphatic carbocycles. The van der Waals surface area contributed by atoms with Crippen molar-refractivity contribution in [2.24, 2.45) is 0 Å². The molecular formula is C47H86N2O3. The Balaban J connectivity index is 1.72. The van der Waals surface area contributed by atoms with Crippen LogP contribution in [0.15, 0.2) is 48.6 Å². The number of nitrogens with zero attached hydrogens (tertiary/aromatic N) is 2. The van der Waals surface area contributed by atoms with Crippen molar-refractivity contribution in [3.63, 3.8) is 0 Å². The summed E-state index contributed by atoms with van der Waals surface area (Å²) in [7, 11) is 8.54. The quantitative estimate of drug-likeness (QED) is 0.0487. The Morgan fingerprint density at radius 1 is 0.423 bits per heavy atom. The van der Waals surface area contributed by atoms with Gasteiger partial charge in [-0.15, -0.1) is 0 Å². The maximum Gasteiger partial charge on any atom is 0.169 e.